The monoisotopic (exact) mass is 222 g/mol. The minimum absolute atomic E-state index is 0.427. The lowest BCUT2D eigenvalue weighted by atomic mass is 10.1. The maximum Gasteiger partial charge on any atom is 0.242 e. The number of methoxy groups -OCH3 is 1. The summed E-state index contributed by atoms with van der Waals surface area (Å²) in [5.41, 5.74) is 6.34. The van der Waals surface area contributed by atoms with E-state index in [0.717, 1.165) is 12.5 Å². The molecule has 0 aliphatic heterocycles. The van der Waals surface area contributed by atoms with Gasteiger partial charge in [-0.2, -0.15) is 4.98 Å². The third kappa shape index (κ3) is 2.35. The third-order valence-electron chi connectivity index (χ3n) is 3.06. The smallest absolute Gasteiger partial charge is 0.242 e. The van der Waals surface area contributed by atoms with E-state index in [0.29, 0.717) is 23.3 Å². The van der Waals surface area contributed by atoms with Crippen LogP contribution >= 0.6 is 0 Å². The number of nitrogens with zero attached hydrogens (tertiary/aromatic N) is 2. The van der Waals surface area contributed by atoms with Crippen LogP contribution in [0.1, 0.15) is 19.8 Å². The van der Waals surface area contributed by atoms with Crippen molar-refractivity contribution in [2.45, 2.75) is 19.8 Å². The molecule has 88 valence electrons. The van der Waals surface area contributed by atoms with Gasteiger partial charge in [-0.15, -0.1) is 0 Å². The van der Waals surface area contributed by atoms with Crippen LogP contribution in [0.5, 0.6) is 5.88 Å². The number of nitrogens with two attached hydrogens (primary N) is 1. The van der Waals surface area contributed by atoms with Crippen LogP contribution in [0.3, 0.4) is 0 Å². The molecule has 1 heterocycles. The topological polar surface area (TPSA) is 73.1 Å². The van der Waals surface area contributed by atoms with E-state index < -0.39 is 0 Å². The largest absolute Gasteiger partial charge is 0.479 e. The number of nitrogens with one attached hydrogen (secondary N) is 1. The Labute approximate surface area is 95.4 Å². The second kappa shape index (κ2) is 4.55. The zero-order chi connectivity index (χ0) is 11.5. The summed E-state index contributed by atoms with van der Waals surface area (Å²) in [4.78, 5) is 8.05. The third-order valence-corrected chi connectivity index (χ3v) is 3.06. The molecule has 1 atom stereocenters. The fraction of sp³-hybridized carbons (Fsp3) is 0.636. The molecule has 1 aromatic heterocycles. The van der Waals surface area contributed by atoms with Crippen molar-refractivity contribution >= 4 is 11.5 Å². The Balaban J connectivity index is 1.97. The maximum atomic E-state index is 5.86. The summed E-state index contributed by atoms with van der Waals surface area (Å²) in [5, 5.41) is 3.25. The molecule has 5 nitrogen and oxygen atoms in total. The Hall–Kier alpha value is -1.52. The minimum atomic E-state index is 0.427. The molecule has 1 saturated carbocycles. The fourth-order valence-corrected chi connectivity index (χ4v) is 1.77. The molecule has 2 rings (SSSR count). The van der Waals surface area contributed by atoms with Crippen molar-refractivity contribution in [3.63, 3.8) is 0 Å². The highest BCUT2D eigenvalue weighted by molar-refractivity contribution is 5.66. The number of hydrogen-bond acceptors (Lipinski definition) is 5. The van der Waals surface area contributed by atoms with E-state index in [1.807, 2.05) is 0 Å². The van der Waals surface area contributed by atoms with Gasteiger partial charge in [-0.1, -0.05) is 6.92 Å². The Bertz CT molecular complexity index is 365. The second-order valence-electron chi connectivity index (χ2n) is 4.34. The maximum absolute atomic E-state index is 5.86. The zero-order valence-electron chi connectivity index (χ0n) is 9.73. The SMILES string of the molecule is COc1ncnc(NCC(C)C2CC2)c1N. The van der Waals surface area contributed by atoms with Gasteiger partial charge in [-0.3, -0.25) is 0 Å². The lowest BCUT2D eigenvalue weighted by Crippen LogP contribution is -2.15. The lowest BCUT2D eigenvalue weighted by Gasteiger charge is -2.13. The predicted molar refractivity (Wildman–Crippen MR) is 63.4 cm³/mol. The number of rotatable bonds is 5. The minimum Gasteiger partial charge on any atom is -0.479 e. The van der Waals surface area contributed by atoms with Gasteiger partial charge in [0.1, 0.15) is 12.0 Å². The van der Waals surface area contributed by atoms with Gasteiger partial charge in [0.15, 0.2) is 5.82 Å². The highest BCUT2D eigenvalue weighted by Crippen LogP contribution is 2.36. The molecule has 0 saturated heterocycles. The Morgan fingerprint density at radius 3 is 2.94 bits per heavy atom. The number of ether oxygens (including phenoxy) is 1. The van der Waals surface area contributed by atoms with Gasteiger partial charge in [0.25, 0.3) is 0 Å². The first kappa shape index (κ1) is 11.0. The molecular formula is C11H18N4O. The first-order chi connectivity index (χ1) is 7.72. The molecule has 0 amide bonds. The fourth-order valence-electron chi connectivity index (χ4n) is 1.77. The summed E-state index contributed by atoms with van der Waals surface area (Å²) in [6.45, 7) is 3.15. The normalized spacial score (nSPS) is 16.9. The van der Waals surface area contributed by atoms with Gasteiger partial charge in [0.2, 0.25) is 5.88 Å². The highest BCUT2D eigenvalue weighted by Gasteiger charge is 2.27. The molecule has 0 bridgehead atoms. The van der Waals surface area contributed by atoms with Gasteiger partial charge in [-0.05, 0) is 24.7 Å². The number of aromatic nitrogens is 2. The van der Waals surface area contributed by atoms with Gasteiger partial charge in [-0.25, -0.2) is 4.98 Å². The quantitative estimate of drug-likeness (QED) is 0.790. The van der Waals surface area contributed by atoms with Crippen LogP contribution in [0.15, 0.2) is 6.33 Å². The summed E-state index contributed by atoms with van der Waals surface area (Å²) in [7, 11) is 1.55. The highest BCUT2D eigenvalue weighted by atomic mass is 16.5. The van der Waals surface area contributed by atoms with E-state index in [4.69, 9.17) is 10.5 Å². The standard InChI is InChI=1S/C11H18N4O/c1-7(8-3-4-8)5-13-10-9(12)11(16-2)15-6-14-10/h6-8H,3-5,12H2,1-2H3,(H,13,14,15). The second-order valence-corrected chi connectivity index (χ2v) is 4.34. The molecular weight excluding hydrogens is 204 g/mol. The van der Waals surface area contributed by atoms with E-state index in [9.17, 15) is 0 Å². The van der Waals surface area contributed by atoms with Crippen LogP contribution in [0.4, 0.5) is 11.5 Å². The van der Waals surface area contributed by atoms with E-state index in [1.54, 1.807) is 7.11 Å². The molecule has 1 fully saturated rings. The predicted octanol–water partition coefficient (Wildman–Crippen LogP) is 1.53. The summed E-state index contributed by atoms with van der Waals surface area (Å²) >= 11 is 0. The van der Waals surface area contributed by atoms with Crippen LogP contribution < -0.4 is 15.8 Å². The average molecular weight is 222 g/mol. The number of nitrogen functional groups attached to an aromatic ring is 1. The van der Waals surface area contributed by atoms with Crippen LogP contribution in [-0.4, -0.2) is 23.6 Å². The van der Waals surface area contributed by atoms with Crippen molar-refractivity contribution in [3.05, 3.63) is 6.33 Å². The van der Waals surface area contributed by atoms with Crippen LogP contribution in [0.2, 0.25) is 0 Å². The van der Waals surface area contributed by atoms with Gasteiger partial charge >= 0.3 is 0 Å². The van der Waals surface area contributed by atoms with E-state index >= 15 is 0 Å². The molecule has 0 aromatic carbocycles. The van der Waals surface area contributed by atoms with Crippen molar-refractivity contribution in [2.24, 2.45) is 11.8 Å². The van der Waals surface area contributed by atoms with Crippen molar-refractivity contribution in [1.82, 2.24) is 9.97 Å². The lowest BCUT2D eigenvalue weighted by molar-refractivity contribution is 0.399. The Morgan fingerprint density at radius 2 is 2.31 bits per heavy atom. The molecule has 0 radical (unpaired) electrons. The zero-order valence-corrected chi connectivity index (χ0v) is 9.73. The summed E-state index contributed by atoms with van der Waals surface area (Å²) in [6, 6.07) is 0. The molecule has 5 heteroatoms. The summed E-state index contributed by atoms with van der Waals surface area (Å²) in [5.74, 6) is 2.63. The average Bonchev–Trinajstić information content (AvgIpc) is 3.11. The van der Waals surface area contributed by atoms with Crippen molar-refractivity contribution < 1.29 is 4.74 Å². The van der Waals surface area contributed by atoms with Gasteiger partial charge < -0.3 is 15.8 Å². The van der Waals surface area contributed by atoms with Gasteiger partial charge in [0.05, 0.1) is 7.11 Å². The number of hydrogen-bond donors (Lipinski definition) is 2. The van der Waals surface area contributed by atoms with Crippen molar-refractivity contribution in [1.29, 1.82) is 0 Å². The van der Waals surface area contributed by atoms with E-state index in [2.05, 4.69) is 22.2 Å². The molecule has 1 aromatic rings. The number of anilines is 2. The van der Waals surface area contributed by atoms with Crippen molar-refractivity contribution in [3.8, 4) is 5.88 Å². The first-order valence-corrected chi connectivity index (χ1v) is 5.60. The Kier molecular flexibility index (Phi) is 3.12. The summed E-state index contributed by atoms with van der Waals surface area (Å²) in [6.07, 6.45) is 4.16. The van der Waals surface area contributed by atoms with Crippen LogP contribution in [0.25, 0.3) is 0 Å². The Morgan fingerprint density at radius 1 is 1.56 bits per heavy atom. The molecule has 16 heavy (non-hydrogen) atoms. The van der Waals surface area contributed by atoms with Gasteiger partial charge in [0, 0.05) is 6.54 Å². The molecule has 1 unspecified atom stereocenters. The van der Waals surface area contributed by atoms with E-state index in [-0.39, 0.29) is 0 Å². The van der Waals surface area contributed by atoms with Crippen molar-refractivity contribution in [2.75, 3.05) is 24.7 Å². The first-order valence-electron chi connectivity index (χ1n) is 5.60. The molecule has 1 aliphatic carbocycles. The summed E-state index contributed by atoms with van der Waals surface area (Å²) < 4.78 is 5.04. The molecule has 3 N–H and O–H groups in total. The van der Waals surface area contributed by atoms with Crippen LogP contribution in [0, 0.1) is 11.8 Å². The molecule has 1 aliphatic rings. The van der Waals surface area contributed by atoms with Crippen LogP contribution in [-0.2, 0) is 0 Å². The van der Waals surface area contributed by atoms with E-state index in [1.165, 1.54) is 19.2 Å². The molecule has 0 spiro atoms.